The molecule has 0 aliphatic rings. The van der Waals surface area contributed by atoms with Gasteiger partial charge in [0.15, 0.2) is 5.69 Å². The van der Waals surface area contributed by atoms with Crippen LogP contribution in [0.4, 0.5) is 0 Å². The minimum absolute atomic E-state index is 0.904. The van der Waals surface area contributed by atoms with E-state index in [0.717, 1.165) is 5.75 Å². The number of aromatic nitrogens is 1. The molecule has 0 unspecified atom stereocenters. The zero-order valence-electron chi connectivity index (χ0n) is 10.9. The number of rotatable bonds is 1. The highest BCUT2D eigenvalue weighted by Gasteiger charge is 2.15. The number of pyridine rings is 1. The highest BCUT2D eigenvalue weighted by atomic mass is 16.5. The number of methoxy groups -OCH3 is 1. The third-order valence-electron chi connectivity index (χ3n) is 3.68. The van der Waals surface area contributed by atoms with Gasteiger partial charge >= 0.3 is 0 Å². The largest absolute Gasteiger partial charge is 0.497 e. The van der Waals surface area contributed by atoms with Crippen LogP contribution in [0.3, 0.4) is 0 Å². The van der Waals surface area contributed by atoms with Crippen molar-refractivity contribution >= 4 is 21.7 Å². The Morgan fingerprint density at radius 1 is 0.944 bits per heavy atom. The predicted octanol–water partition coefficient (Wildman–Crippen LogP) is 3.13. The fourth-order valence-electron chi connectivity index (χ4n) is 2.54. The summed E-state index contributed by atoms with van der Waals surface area (Å²) in [6.45, 7) is 2.15. The van der Waals surface area contributed by atoms with Crippen LogP contribution < -0.4 is 9.30 Å². The second-order valence-corrected chi connectivity index (χ2v) is 4.57. The topological polar surface area (TPSA) is 13.1 Å². The molecule has 1 aromatic heterocycles. The van der Waals surface area contributed by atoms with Crippen molar-refractivity contribution in [3.05, 3.63) is 48.2 Å². The molecular formula is C16H16NO+. The molecule has 18 heavy (non-hydrogen) atoms. The monoisotopic (exact) mass is 238 g/mol. The Bertz CT molecular complexity index is 747. The first-order valence-corrected chi connectivity index (χ1v) is 6.07. The summed E-state index contributed by atoms with van der Waals surface area (Å²) < 4.78 is 7.55. The standard InChI is InChI=1S/C16H16NO/c1-11-15-10-12(18-3)8-9-13(15)14-6-4-5-7-16(14)17(11)2/h4-10H,1-3H3/q+1. The summed E-state index contributed by atoms with van der Waals surface area (Å²) in [5.74, 6) is 0.904. The van der Waals surface area contributed by atoms with E-state index in [2.05, 4.69) is 54.9 Å². The van der Waals surface area contributed by atoms with Crippen molar-refractivity contribution in [3.8, 4) is 5.75 Å². The lowest BCUT2D eigenvalue weighted by Gasteiger charge is -2.07. The van der Waals surface area contributed by atoms with Gasteiger partial charge in [0.25, 0.3) is 0 Å². The van der Waals surface area contributed by atoms with Gasteiger partial charge in [0, 0.05) is 18.4 Å². The maximum Gasteiger partial charge on any atom is 0.213 e. The molecule has 0 bridgehead atoms. The molecule has 0 N–H and O–H groups in total. The maximum atomic E-state index is 5.32. The minimum atomic E-state index is 0.904. The van der Waals surface area contributed by atoms with Gasteiger partial charge in [0.05, 0.1) is 17.9 Å². The average Bonchev–Trinajstić information content (AvgIpc) is 2.44. The molecule has 3 aromatic rings. The van der Waals surface area contributed by atoms with Crippen LogP contribution in [-0.2, 0) is 7.05 Å². The van der Waals surface area contributed by atoms with Crippen LogP contribution in [0.1, 0.15) is 5.69 Å². The van der Waals surface area contributed by atoms with E-state index in [1.807, 2.05) is 6.07 Å². The number of hydrogen-bond donors (Lipinski definition) is 0. The molecule has 2 heteroatoms. The van der Waals surface area contributed by atoms with Gasteiger partial charge in [0.1, 0.15) is 12.8 Å². The first-order valence-electron chi connectivity index (χ1n) is 6.07. The van der Waals surface area contributed by atoms with Crippen LogP contribution in [0, 0.1) is 6.92 Å². The molecule has 3 rings (SSSR count). The third kappa shape index (κ3) is 1.46. The minimum Gasteiger partial charge on any atom is -0.497 e. The maximum absolute atomic E-state index is 5.32. The van der Waals surface area contributed by atoms with Crippen molar-refractivity contribution in [1.82, 2.24) is 0 Å². The van der Waals surface area contributed by atoms with E-state index >= 15 is 0 Å². The number of ether oxygens (including phenoxy) is 1. The Morgan fingerprint density at radius 2 is 1.72 bits per heavy atom. The van der Waals surface area contributed by atoms with Crippen LogP contribution in [0.2, 0.25) is 0 Å². The second-order valence-electron chi connectivity index (χ2n) is 4.57. The van der Waals surface area contributed by atoms with E-state index in [-0.39, 0.29) is 0 Å². The summed E-state index contributed by atoms with van der Waals surface area (Å²) in [5.41, 5.74) is 2.51. The van der Waals surface area contributed by atoms with Crippen molar-refractivity contribution in [2.45, 2.75) is 6.92 Å². The van der Waals surface area contributed by atoms with Gasteiger partial charge in [-0.15, -0.1) is 0 Å². The summed E-state index contributed by atoms with van der Waals surface area (Å²) in [4.78, 5) is 0. The van der Waals surface area contributed by atoms with E-state index in [4.69, 9.17) is 4.74 Å². The third-order valence-corrected chi connectivity index (χ3v) is 3.68. The number of fused-ring (bicyclic) bond motifs is 3. The number of benzene rings is 2. The Balaban J connectivity index is 2.55. The molecule has 0 saturated carbocycles. The molecular weight excluding hydrogens is 222 g/mol. The Kier molecular flexibility index (Phi) is 2.44. The molecule has 0 saturated heterocycles. The van der Waals surface area contributed by atoms with Crippen LogP contribution in [0.15, 0.2) is 42.5 Å². The van der Waals surface area contributed by atoms with Gasteiger partial charge in [-0.25, -0.2) is 0 Å². The number of hydrogen-bond acceptors (Lipinski definition) is 1. The SMILES string of the molecule is COc1ccc2c(c1)c(C)[n+](C)c1ccccc21. The van der Waals surface area contributed by atoms with Crippen molar-refractivity contribution in [2.24, 2.45) is 7.05 Å². The van der Waals surface area contributed by atoms with Crippen LogP contribution in [-0.4, -0.2) is 7.11 Å². The van der Waals surface area contributed by atoms with Crippen LogP contribution in [0.5, 0.6) is 5.75 Å². The second kappa shape index (κ2) is 3.98. The molecule has 0 radical (unpaired) electrons. The molecule has 90 valence electrons. The predicted molar refractivity (Wildman–Crippen MR) is 73.9 cm³/mol. The van der Waals surface area contributed by atoms with Crippen molar-refractivity contribution in [2.75, 3.05) is 7.11 Å². The van der Waals surface area contributed by atoms with Gasteiger partial charge in [-0.3, -0.25) is 0 Å². The molecule has 0 atom stereocenters. The lowest BCUT2D eigenvalue weighted by Crippen LogP contribution is -2.33. The van der Waals surface area contributed by atoms with Crippen LogP contribution >= 0.6 is 0 Å². The zero-order valence-corrected chi connectivity index (χ0v) is 10.9. The smallest absolute Gasteiger partial charge is 0.213 e. The Labute approximate surface area is 106 Å². The summed E-state index contributed by atoms with van der Waals surface area (Å²) >= 11 is 0. The molecule has 2 nitrogen and oxygen atoms in total. The molecule has 0 amide bonds. The average molecular weight is 238 g/mol. The quantitative estimate of drug-likeness (QED) is 0.469. The van der Waals surface area contributed by atoms with Crippen molar-refractivity contribution < 1.29 is 9.30 Å². The first-order chi connectivity index (χ1) is 8.72. The van der Waals surface area contributed by atoms with Gasteiger partial charge < -0.3 is 4.74 Å². The zero-order chi connectivity index (χ0) is 12.7. The first kappa shape index (κ1) is 11.0. The number of aryl methyl sites for hydroxylation is 2. The lowest BCUT2D eigenvalue weighted by atomic mass is 10.0. The van der Waals surface area contributed by atoms with E-state index in [0.29, 0.717) is 0 Å². The highest BCUT2D eigenvalue weighted by Crippen LogP contribution is 2.27. The molecule has 0 aliphatic heterocycles. The summed E-state index contributed by atoms with van der Waals surface area (Å²) in [5, 5.41) is 3.81. The van der Waals surface area contributed by atoms with E-state index < -0.39 is 0 Å². The highest BCUT2D eigenvalue weighted by molar-refractivity contribution is 6.05. The van der Waals surface area contributed by atoms with E-state index in [9.17, 15) is 0 Å². The fraction of sp³-hybridized carbons (Fsp3) is 0.188. The molecule has 0 spiro atoms. The molecule has 0 fully saturated rings. The fourth-order valence-corrected chi connectivity index (χ4v) is 2.54. The summed E-state index contributed by atoms with van der Waals surface area (Å²) in [6, 6.07) is 14.8. The Hall–Kier alpha value is -2.09. The van der Waals surface area contributed by atoms with Crippen LogP contribution in [0.25, 0.3) is 21.7 Å². The van der Waals surface area contributed by atoms with Gasteiger partial charge in [-0.1, -0.05) is 12.1 Å². The van der Waals surface area contributed by atoms with Crippen molar-refractivity contribution in [1.29, 1.82) is 0 Å². The number of nitrogens with zero attached hydrogens (tertiary/aromatic N) is 1. The van der Waals surface area contributed by atoms with Gasteiger partial charge in [0.2, 0.25) is 5.52 Å². The number of para-hydroxylation sites is 1. The van der Waals surface area contributed by atoms with E-state index in [1.165, 1.54) is 27.4 Å². The lowest BCUT2D eigenvalue weighted by molar-refractivity contribution is -0.649. The summed E-state index contributed by atoms with van der Waals surface area (Å²) in [6.07, 6.45) is 0. The molecule has 0 aliphatic carbocycles. The van der Waals surface area contributed by atoms with Gasteiger partial charge in [-0.05, 0) is 24.3 Å². The van der Waals surface area contributed by atoms with Gasteiger partial charge in [-0.2, -0.15) is 4.57 Å². The van der Waals surface area contributed by atoms with E-state index in [1.54, 1.807) is 7.11 Å². The summed E-state index contributed by atoms with van der Waals surface area (Å²) in [7, 11) is 3.81. The molecule has 2 aromatic carbocycles. The molecule has 1 heterocycles. The van der Waals surface area contributed by atoms with Crippen molar-refractivity contribution in [3.63, 3.8) is 0 Å². The normalized spacial score (nSPS) is 11.1. The Morgan fingerprint density at radius 3 is 2.50 bits per heavy atom.